The highest BCUT2D eigenvalue weighted by molar-refractivity contribution is 6.11. The van der Waals surface area contributed by atoms with Crippen LogP contribution in [-0.4, -0.2) is 9.13 Å². The van der Waals surface area contributed by atoms with E-state index in [9.17, 15) is 10.5 Å². The van der Waals surface area contributed by atoms with Gasteiger partial charge < -0.3 is 9.13 Å². The standard InChI is InChI=1S/C44H26N4/c45-27-30-13-10-25-43(48-41-23-7-3-17-35(41)36-18-4-8-24-42(36)48)44(30)37-20-11-19-32(38(37)28-46)29-12-9-14-31(26-29)47-39-21-5-1-15-33(39)34-16-2-6-22-40(34)47/h1-26H. The number of fused-ring (bicyclic) bond motifs is 6. The molecule has 0 saturated carbocycles. The molecule has 0 fully saturated rings. The second-order valence-corrected chi connectivity index (χ2v) is 11.9. The number of nitrogens with zero attached hydrogens (tertiary/aromatic N) is 4. The smallest absolute Gasteiger partial charge is 0.100 e. The molecule has 9 aromatic rings. The van der Waals surface area contributed by atoms with Gasteiger partial charge in [0.05, 0.1) is 45.0 Å². The third kappa shape index (κ3) is 4.01. The van der Waals surface area contributed by atoms with Gasteiger partial charge in [0.1, 0.15) is 6.07 Å². The molecule has 0 atom stereocenters. The van der Waals surface area contributed by atoms with Crippen LogP contribution >= 0.6 is 0 Å². The molecule has 2 heterocycles. The first-order valence-corrected chi connectivity index (χ1v) is 15.9. The molecule has 0 radical (unpaired) electrons. The van der Waals surface area contributed by atoms with E-state index in [1.807, 2.05) is 48.5 Å². The first-order valence-electron chi connectivity index (χ1n) is 15.9. The highest BCUT2D eigenvalue weighted by Crippen LogP contribution is 2.41. The quantitative estimate of drug-likeness (QED) is 0.199. The van der Waals surface area contributed by atoms with E-state index in [-0.39, 0.29) is 0 Å². The van der Waals surface area contributed by atoms with Gasteiger partial charge >= 0.3 is 0 Å². The second kappa shape index (κ2) is 10.9. The Morgan fingerprint density at radius 1 is 0.417 bits per heavy atom. The summed E-state index contributed by atoms with van der Waals surface area (Å²) < 4.78 is 4.51. The number of benzene rings is 7. The molecule has 9 rings (SSSR count). The van der Waals surface area contributed by atoms with Gasteiger partial charge in [-0.05, 0) is 54.1 Å². The van der Waals surface area contributed by atoms with Gasteiger partial charge in [-0.1, -0.05) is 109 Å². The summed E-state index contributed by atoms with van der Waals surface area (Å²) in [6.07, 6.45) is 0. The largest absolute Gasteiger partial charge is 0.309 e. The van der Waals surface area contributed by atoms with Crippen LogP contribution < -0.4 is 0 Å². The molecule has 0 amide bonds. The lowest BCUT2D eigenvalue weighted by Crippen LogP contribution is -2.01. The van der Waals surface area contributed by atoms with Crippen molar-refractivity contribution in [3.63, 3.8) is 0 Å². The van der Waals surface area contributed by atoms with Gasteiger partial charge in [-0.15, -0.1) is 0 Å². The maximum absolute atomic E-state index is 10.8. The van der Waals surface area contributed by atoms with Crippen LogP contribution in [0.15, 0.2) is 158 Å². The molecule has 0 saturated heterocycles. The van der Waals surface area contributed by atoms with Gasteiger partial charge in [0.2, 0.25) is 0 Å². The van der Waals surface area contributed by atoms with Crippen molar-refractivity contribution in [1.82, 2.24) is 9.13 Å². The van der Waals surface area contributed by atoms with E-state index in [0.29, 0.717) is 11.1 Å². The van der Waals surface area contributed by atoms with Crippen molar-refractivity contribution < 1.29 is 0 Å². The first-order chi connectivity index (χ1) is 23.8. The molecule has 0 unspecified atom stereocenters. The zero-order valence-electron chi connectivity index (χ0n) is 25.8. The summed E-state index contributed by atoms with van der Waals surface area (Å²) >= 11 is 0. The number of para-hydroxylation sites is 4. The van der Waals surface area contributed by atoms with Gasteiger partial charge in [0.15, 0.2) is 0 Å². The van der Waals surface area contributed by atoms with Gasteiger partial charge in [-0.2, -0.15) is 10.5 Å². The molecular formula is C44H26N4. The minimum Gasteiger partial charge on any atom is -0.309 e. The van der Waals surface area contributed by atoms with Crippen LogP contribution in [0.25, 0.3) is 77.2 Å². The Labute approximate surface area is 277 Å². The summed E-state index contributed by atoms with van der Waals surface area (Å²) in [5, 5.41) is 26.0. The Morgan fingerprint density at radius 3 is 1.48 bits per heavy atom. The molecule has 4 nitrogen and oxygen atoms in total. The third-order valence-corrected chi connectivity index (χ3v) is 9.42. The van der Waals surface area contributed by atoms with E-state index in [1.54, 1.807) is 0 Å². The monoisotopic (exact) mass is 610 g/mol. The summed E-state index contributed by atoms with van der Waals surface area (Å²) in [6.45, 7) is 0. The average molecular weight is 611 g/mol. The van der Waals surface area contributed by atoms with Gasteiger partial charge in [-0.25, -0.2) is 0 Å². The highest BCUT2D eigenvalue weighted by Gasteiger charge is 2.22. The fourth-order valence-corrected chi connectivity index (χ4v) is 7.42. The minimum atomic E-state index is 0.516. The summed E-state index contributed by atoms with van der Waals surface area (Å²) in [5.74, 6) is 0. The molecule has 7 aromatic carbocycles. The highest BCUT2D eigenvalue weighted by atomic mass is 15.0. The zero-order valence-corrected chi connectivity index (χ0v) is 25.8. The molecule has 222 valence electrons. The van der Waals surface area contributed by atoms with Crippen molar-refractivity contribution in [1.29, 1.82) is 10.5 Å². The van der Waals surface area contributed by atoms with E-state index < -0.39 is 0 Å². The lowest BCUT2D eigenvalue weighted by atomic mass is 9.89. The maximum Gasteiger partial charge on any atom is 0.100 e. The number of hydrogen-bond acceptors (Lipinski definition) is 2. The normalized spacial score (nSPS) is 11.3. The molecule has 4 heteroatoms. The van der Waals surface area contributed by atoms with E-state index in [0.717, 1.165) is 66.5 Å². The van der Waals surface area contributed by atoms with E-state index in [2.05, 4.69) is 130 Å². The van der Waals surface area contributed by atoms with Crippen molar-refractivity contribution in [2.45, 2.75) is 0 Å². The number of hydrogen-bond donors (Lipinski definition) is 0. The summed E-state index contributed by atoms with van der Waals surface area (Å²) in [4.78, 5) is 0. The Hall–Kier alpha value is -6.88. The van der Waals surface area contributed by atoms with E-state index >= 15 is 0 Å². The molecule has 0 bridgehead atoms. The molecule has 0 N–H and O–H groups in total. The molecule has 48 heavy (non-hydrogen) atoms. The van der Waals surface area contributed by atoms with E-state index in [1.165, 1.54) is 10.8 Å². The molecule has 0 aliphatic rings. The predicted molar refractivity (Wildman–Crippen MR) is 195 cm³/mol. The summed E-state index contributed by atoms with van der Waals surface area (Å²) in [6, 6.07) is 58.7. The first kappa shape index (κ1) is 27.4. The van der Waals surface area contributed by atoms with Gasteiger partial charge in [-0.3, -0.25) is 0 Å². The fourth-order valence-electron chi connectivity index (χ4n) is 7.42. The van der Waals surface area contributed by atoms with Crippen molar-refractivity contribution in [2.24, 2.45) is 0 Å². The lowest BCUT2D eigenvalue weighted by molar-refractivity contribution is 1.18. The Kier molecular flexibility index (Phi) is 6.22. The van der Waals surface area contributed by atoms with Crippen LogP contribution in [0, 0.1) is 22.7 Å². The molecular weight excluding hydrogens is 585 g/mol. The van der Waals surface area contributed by atoms with Crippen molar-refractivity contribution in [3.8, 4) is 45.8 Å². The van der Waals surface area contributed by atoms with Crippen LogP contribution in [0.1, 0.15) is 11.1 Å². The topological polar surface area (TPSA) is 57.4 Å². The van der Waals surface area contributed by atoms with Gasteiger partial charge in [0, 0.05) is 43.9 Å². The maximum atomic E-state index is 10.8. The fraction of sp³-hybridized carbons (Fsp3) is 0. The number of aromatic nitrogens is 2. The second-order valence-electron chi connectivity index (χ2n) is 11.9. The summed E-state index contributed by atoms with van der Waals surface area (Å²) in [5.41, 5.74) is 10.5. The number of nitriles is 2. The van der Waals surface area contributed by atoms with Crippen LogP contribution in [0.3, 0.4) is 0 Å². The SMILES string of the molecule is N#Cc1cccc(-n2c3ccccc3c3ccccc32)c1-c1cccc(-c2cccc(-n3c4ccccc4c4ccccc43)c2)c1C#N. The van der Waals surface area contributed by atoms with Gasteiger partial charge in [0.25, 0.3) is 0 Å². The van der Waals surface area contributed by atoms with Crippen molar-refractivity contribution >= 4 is 43.6 Å². The summed E-state index contributed by atoms with van der Waals surface area (Å²) in [7, 11) is 0. The molecule has 0 spiro atoms. The molecule has 0 aliphatic carbocycles. The van der Waals surface area contributed by atoms with Crippen LogP contribution in [0.4, 0.5) is 0 Å². The van der Waals surface area contributed by atoms with Crippen LogP contribution in [0.2, 0.25) is 0 Å². The van der Waals surface area contributed by atoms with Crippen molar-refractivity contribution in [3.05, 3.63) is 169 Å². The Bertz CT molecular complexity index is 2710. The predicted octanol–water partition coefficient (Wildman–Crippen LogP) is 11.0. The third-order valence-electron chi connectivity index (χ3n) is 9.42. The Morgan fingerprint density at radius 2 is 0.917 bits per heavy atom. The molecule has 2 aromatic heterocycles. The average Bonchev–Trinajstić information content (AvgIpc) is 3.67. The van der Waals surface area contributed by atoms with Crippen molar-refractivity contribution in [2.75, 3.05) is 0 Å². The van der Waals surface area contributed by atoms with Crippen LogP contribution in [-0.2, 0) is 0 Å². The molecule has 0 aliphatic heterocycles. The minimum absolute atomic E-state index is 0.516. The van der Waals surface area contributed by atoms with Crippen LogP contribution in [0.5, 0.6) is 0 Å². The zero-order chi connectivity index (χ0) is 32.2. The Balaban J connectivity index is 1.28. The van der Waals surface area contributed by atoms with E-state index in [4.69, 9.17) is 0 Å². The number of rotatable bonds is 4. The lowest BCUT2D eigenvalue weighted by Gasteiger charge is -2.18.